The molecule has 1 aromatic heterocycles. The van der Waals surface area contributed by atoms with E-state index in [2.05, 4.69) is 4.98 Å². The van der Waals surface area contributed by atoms with Crippen LogP contribution in [0.15, 0.2) is 24.4 Å². The highest BCUT2D eigenvalue weighted by atomic mass is 16.5. The number of aromatic amines is 1. The van der Waals surface area contributed by atoms with Crippen molar-refractivity contribution in [2.45, 2.75) is 13.3 Å². The van der Waals surface area contributed by atoms with Crippen molar-refractivity contribution in [2.24, 2.45) is 0 Å². The third-order valence-electron chi connectivity index (χ3n) is 2.97. The number of ether oxygens (including phenoxy) is 1. The predicted octanol–water partition coefficient (Wildman–Crippen LogP) is 2.23. The maximum absolute atomic E-state index is 12.1. The summed E-state index contributed by atoms with van der Waals surface area (Å²) in [5.41, 5.74) is 1.18. The van der Waals surface area contributed by atoms with Crippen LogP contribution in [0.4, 0.5) is 0 Å². The third kappa shape index (κ3) is 2.66. The summed E-state index contributed by atoms with van der Waals surface area (Å²) < 4.78 is 5.55. The van der Waals surface area contributed by atoms with Crippen molar-refractivity contribution in [1.29, 1.82) is 0 Å². The van der Waals surface area contributed by atoms with Gasteiger partial charge >= 0.3 is 0 Å². The molecule has 0 aliphatic carbocycles. The molecule has 0 saturated carbocycles. The average Bonchev–Trinajstić information content (AvgIpc) is 2.86. The molecule has 5 heteroatoms. The van der Waals surface area contributed by atoms with Gasteiger partial charge in [-0.3, -0.25) is 9.59 Å². The minimum Gasteiger partial charge on any atom is -0.494 e. The van der Waals surface area contributed by atoms with E-state index in [0.717, 1.165) is 11.9 Å². The van der Waals surface area contributed by atoms with Gasteiger partial charge in [0, 0.05) is 31.2 Å². The van der Waals surface area contributed by atoms with E-state index in [-0.39, 0.29) is 0 Å². The number of H-pyrrole nitrogens is 1. The van der Waals surface area contributed by atoms with Gasteiger partial charge in [-0.25, -0.2) is 0 Å². The van der Waals surface area contributed by atoms with Gasteiger partial charge in [-0.1, -0.05) is 6.92 Å². The van der Waals surface area contributed by atoms with Crippen LogP contribution in [-0.4, -0.2) is 42.3 Å². The number of carbonyl (C=O) groups is 2. The molecule has 1 heterocycles. The number of Topliss-reactive ketones (excluding diaryl/α,β-unsaturated/α-hetero) is 1. The number of likely N-dealkylation sites (N-methyl/N-ethyl adjacent to an activating group) is 1. The molecule has 0 bridgehead atoms. The zero-order valence-corrected chi connectivity index (χ0v) is 11.9. The molecule has 1 N–H and O–H groups in total. The zero-order chi connectivity index (χ0) is 14.7. The number of fused-ring (bicyclic) bond motifs is 1. The molecule has 0 saturated heterocycles. The quantitative estimate of drug-likeness (QED) is 0.671. The first-order chi connectivity index (χ1) is 9.54. The number of carbonyl (C=O) groups excluding carboxylic acids is 2. The number of ketones is 1. The molecule has 106 valence electrons. The summed E-state index contributed by atoms with van der Waals surface area (Å²) in [4.78, 5) is 28.2. The average molecular weight is 274 g/mol. The molecule has 0 spiro atoms. The Hall–Kier alpha value is -2.30. The summed E-state index contributed by atoms with van der Waals surface area (Å²) in [7, 11) is 3.12. The van der Waals surface area contributed by atoms with Gasteiger partial charge in [-0.2, -0.15) is 0 Å². The minimum atomic E-state index is -0.536. The Labute approximate surface area is 117 Å². The molecule has 0 unspecified atom stereocenters. The SMILES string of the molecule is CCCOc1ccc2[nH]cc(C(=O)C(=O)N(C)C)c2c1. The Morgan fingerprint density at radius 3 is 2.70 bits per heavy atom. The second-order valence-electron chi connectivity index (χ2n) is 4.79. The molecule has 0 atom stereocenters. The number of benzene rings is 1. The topological polar surface area (TPSA) is 62.4 Å². The van der Waals surface area contributed by atoms with Gasteiger partial charge in [0.1, 0.15) is 5.75 Å². The summed E-state index contributed by atoms with van der Waals surface area (Å²) in [6.45, 7) is 2.65. The van der Waals surface area contributed by atoms with Gasteiger partial charge in [0.15, 0.2) is 0 Å². The van der Waals surface area contributed by atoms with E-state index in [1.165, 1.54) is 4.90 Å². The van der Waals surface area contributed by atoms with E-state index in [4.69, 9.17) is 4.74 Å². The van der Waals surface area contributed by atoms with Crippen LogP contribution in [-0.2, 0) is 4.79 Å². The lowest BCUT2D eigenvalue weighted by Gasteiger charge is -2.08. The van der Waals surface area contributed by atoms with Crippen molar-refractivity contribution >= 4 is 22.6 Å². The first kappa shape index (κ1) is 14.1. The highest BCUT2D eigenvalue weighted by Crippen LogP contribution is 2.24. The Balaban J connectivity index is 2.39. The van der Waals surface area contributed by atoms with Crippen LogP contribution in [0.3, 0.4) is 0 Å². The van der Waals surface area contributed by atoms with Gasteiger partial charge in [-0.05, 0) is 24.6 Å². The van der Waals surface area contributed by atoms with E-state index in [1.54, 1.807) is 26.4 Å². The fourth-order valence-electron chi connectivity index (χ4n) is 1.92. The normalized spacial score (nSPS) is 10.6. The molecule has 20 heavy (non-hydrogen) atoms. The summed E-state index contributed by atoms with van der Waals surface area (Å²) in [5, 5.41) is 0.707. The van der Waals surface area contributed by atoms with E-state index < -0.39 is 11.7 Å². The first-order valence-corrected chi connectivity index (χ1v) is 6.54. The highest BCUT2D eigenvalue weighted by Gasteiger charge is 2.21. The second-order valence-corrected chi connectivity index (χ2v) is 4.79. The van der Waals surface area contributed by atoms with E-state index in [1.807, 2.05) is 19.1 Å². The first-order valence-electron chi connectivity index (χ1n) is 6.54. The second kappa shape index (κ2) is 5.77. The fraction of sp³-hybridized carbons (Fsp3) is 0.333. The molecule has 0 fully saturated rings. The van der Waals surface area contributed by atoms with Crippen LogP contribution < -0.4 is 4.74 Å². The number of nitrogens with one attached hydrogen (secondary N) is 1. The van der Waals surface area contributed by atoms with Crippen molar-refractivity contribution in [1.82, 2.24) is 9.88 Å². The molecule has 2 rings (SSSR count). The number of nitrogens with zero attached hydrogens (tertiary/aromatic N) is 1. The van der Waals surface area contributed by atoms with Gasteiger partial charge in [0.25, 0.3) is 11.7 Å². The Bertz CT molecular complexity index is 644. The maximum Gasteiger partial charge on any atom is 0.294 e. The third-order valence-corrected chi connectivity index (χ3v) is 2.97. The zero-order valence-electron chi connectivity index (χ0n) is 11.9. The van der Waals surface area contributed by atoms with Crippen LogP contribution in [0.2, 0.25) is 0 Å². The Morgan fingerprint density at radius 2 is 2.05 bits per heavy atom. The van der Waals surface area contributed by atoms with Gasteiger partial charge in [0.2, 0.25) is 0 Å². The van der Waals surface area contributed by atoms with Crippen LogP contribution in [0.5, 0.6) is 5.75 Å². The van der Waals surface area contributed by atoms with Crippen molar-refractivity contribution < 1.29 is 14.3 Å². The lowest BCUT2D eigenvalue weighted by atomic mass is 10.1. The van der Waals surface area contributed by atoms with Crippen molar-refractivity contribution in [3.8, 4) is 5.75 Å². The lowest BCUT2D eigenvalue weighted by molar-refractivity contribution is -0.124. The number of hydrogen-bond acceptors (Lipinski definition) is 3. The van der Waals surface area contributed by atoms with E-state index >= 15 is 0 Å². The van der Waals surface area contributed by atoms with Crippen LogP contribution in [0.25, 0.3) is 10.9 Å². The molecule has 0 aliphatic heterocycles. The smallest absolute Gasteiger partial charge is 0.294 e. The number of hydrogen-bond donors (Lipinski definition) is 1. The van der Waals surface area contributed by atoms with Gasteiger partial charge in [-0.15, -0.1) is 0 Å². The number of amides is 1. The summed E-state index contributed by atoms with van der Waals surface area (Å²) >= 11 is 0. The highest BCUT2D eigenvalue weighted by molar-refractivity contribution is 6.44. The lowest BCUT2D eigenvalue weighted by Crippen LogP contribution is -2.29. The molecular weight excluding hydrogens is 256 g/mol. The summed E-state index contributed by atoms with van der Waals surface area (Å²) in [6.07, 6.45) is 2.48. The molecule has 1 amide bonds. The maximum atomic E-state index is 12.1. The van der Waals surface area contributed by atoms with Crippen LogP contribution >= 0.6 is 0 Å². The number of rotatable bonds is 5. The van der Waals surface area contributed by atoms with Crippen molar-refractivity contribution in [2.75, 3.05) is 20.7 Å². The van der Waals surface area contributed by atoms with E-state index in [9.17, 15) is 9.59 Å². The largest absolute Gasteiger partial charge is 0.494 e. The summed E-state index contributed by atoms with van der Waals surface area (Å²) in [6, 6.07) is 5.48. The fourth-order valence-corrected chi connectivity index (χ4v) is 1.92. The minimum absolute atomic E-state index is 0.376. The molecular formula is C15H18N2O3. The predicted molar refractivity (Wildman–Crippen MR) is 77.1 cm³/mol. The van der Waals surface area contributed by atoms with Gasteiger partial charge < -0.3 is 14.6 Å². The van der Waals surface area contributed by atoms with Gasteiger partial charge in [0.05, 0.1) is 12.2 Å². The molecule has 2 aromatic rings. The molecule has 0 radical (unpaired) electrons. The van der Waals surface area contributed by atoms with Crippen molar-refractivity contribution in [3.63, 3.8) is 0 Å². The Morgan fingerprint density at radius 1 is 1.30 bits per heavy atom. The molecule has 5 nitrogen and oxygen atoms in total. The van der Waals surface area contributed by atoms with E-state index in [0.29, 0.717) is 23.3 Å². The molecule has 1 aromatic carbocycles. The summed E-state index contributed by atoms with van der Waals surface area (Å²) in [5.74, 6) is -0.357. The standard InChI is InChI=1S/C15H18N2O3/c1-4-7-20-10-5-6-13-11(8-10)12(9-16-13)14(18)15(19)17(2)3/h5-6,8-9,16H,4,7H2,1-3H3. The van der Waals surface area contributed by atoms with Crippen LogP contribution in [0, 0.1) is 0 Å². The number of aromatic nitrogens is 1. The molecule has 0 aliphatic rings. The van der Waals surface area contributed by atoms with Crippen molar-refractivity contribution in [3.05, 3.63) is 30.0 Å². The Kier molecular flexibility index (Phi) is 4.08. The monoisotopic (exact) mass is 274 g/mol. The van der Waals surface area contributed by atoms with Crippen LogP contribution in [0.1, 0.15) is 23.7 Å².